The van der Waals surface area contributed by atoms with E-state index in [1.165, 1.54) is 5.56 Å². The molecule has 0 spiro atoms. The average Bonchev–Trinajstić information content (AvgIpc) is 3.06. The number of halogens is 5. The molecule has 3 aliphatic rings. The molecule has 9 heteroatoms. The number of hydrogen-bond acceptors (Lipinski definition) is 3. The molecule has 41 heavy (non-hydrogen) atoms. The lowest BCUT2D eigenvalue weighted by molar-refractivity contribution is -0.284. The highest BCUT2D eigenvalue weighted by molar-refractivity contribution is 7.84. The minimum absolute atomic E-state index is 0.0996. The first-order valence-electron chi connectivity index (χ1n) is 16.7. The predicted molar refractivity (Wildman–Crippen MR) is 153 cm³/mol. The average molecular weight is 610 g/mol. The Kier molecular flexibility index (Phi) is 9.47. The van der Waals surface area contributed by atoms with E-state index in [0.29, 0.717) is 18.6 Å². The number of phenolic OH excluding ortho intramolecular Hbond substituents is 1. The van der Waals surface area contributed by atoms with Crippen molar-refractivity contribution in [3.05, 3.63) is 29.3 Å². The van der Waals surface area contributed by atoms with Crippen LogP contribution in [-0.4, -0.2) is 44.1 Å². The molecule has 7 atom stereocenters. The molecule has 1 aromatic rings. The lowest BCUT2D eigenvalue weighted by Crippen LogP contribution is -2.47. The number of fused-ring (bicyclic) bond motifs is 5. The van der Waals surface area contributed by atoms with Crippen LogP contribution < -0.4 is 0 Å². The van der Waals surface area contributed by atoms with E-state index in [9.17, 15) is 36.4 Å². The normalized spacial score (nSPS) is 34.6. The molecule has 0 radical (unpaired) electrons. The second-order valence-electron chi connectivity index (χ2n) is 12.7. The molecule has 3 nitrogen and oxygen atoms in total. The van der Waals surface area contributed by atoms with Crippen molar-refractivity contribution in [2.45, 2.75) is 127 Å². The fourth-order valence-corrected chi connectivity index (χ4v) is 8.91. The van der Waals surface area contributed by atoms with E-state index in [-0.39, 0.29) is 41.6 Å². The maximum absolute atomic E-state index is 13.0. The molecule has 4 unspecified atom stereocenters. The molecular weight excluding hydrogens is 559 g/mol. The Morgan fingerprint density at radius 2 is 1.68 bits per heavy atom. The van der Waals surface area contributed by atoms with E-state index in [0.717, 1.165) is 63.4 Å². The molecule has 2 saturated carbocycles. The van der Waals surface area contributed by atoms with Gasteiger partial charge >= 0.3 is 12.1 Å². The smallest absolute Gasteiger partial charge is 0.453 e. The minimum Gasteiger partial charge on any atom is -0.508 e. The zero-order chi connectivity index (χ0) is 32.6. The summed E-state index contributed by atoms with van der Waals surface area (Å²) < 4.78 is 100. The third-order valence-corrected chi connectivity index (χ3v) is 11.5. The predicted octanol–water partition coefficient (Wildman–Crippen LogP) is 8.68. The molecule has 1 aromatic carbocycles. The summed E-state index contributed by atoms with van der Waals surface area (Å²) >= 11 is 0. The summed E-state index contributed by atoms with van der Waals surface area (Å²) in [4.78, 5) is 0. The Bertz CT molecular complexity index is 1160. The lowest BCUT2D eigenvalue weighted by atomic mass is 9.52. The van der Waals surface area contributed by atoms with Crippen molar-refractivity contribution < 1.29 is 40.5 Å². The molecule has 2 fully saturated rings. The third kappa shape index (κ3) is 7.66. The summed E-state index contributed by atoms with van der Waals surface area (Å²) in [5, 5.41) is 21.3. The molecule has 0 amide bonds. The SMILES string of the molecule is [2H]C1([2H])CC2C3C(CC[C@]2(C)[C@@]1([2H])O)c1ccc(O)cc1C[C@H]3CCCCCCCCCS(=O)CCCC(F)(F)C(F)(F)F. The summed E-state index contributed by atoms with van der Waals surface area (Å²) in [7, 11) is -1.40. The van der Waals surface area contributed by atoms with Gasteiger partial charge in [0, 0.05) is 31.5 Å². The van der Waals surface area contributed by atoms with Crippen molar-refractivity contribution in [3.8, 4) is 5.75 Å². The van der Waals surface area contributed by atoms with Gasteiger partial charge in [-0.15, -0.1) is 0 Å². The Balaban J connectivity index is 1.22. The van der Waals surface area contributed by atoms with Crippen molar-refractivity contribution in [2.75, 3.05) is 11.5 Å². The number of unbranched alkanes of at least 4 members (excludes halogenated alkanes) is 6. The van der Waals surface area contributed by atoms with Crippen molar-refractivity contribution >= 4 is 10.8 Å². The number of aliphatic hydroxyl groups is 1. The van der Waals surface area contributed by atoms with Crippen molar-refractivity contribution in [3.63, 3.8) is 0 Å². The van der Waals surface area contributed by atoms with Gasteiger partial charge in [0.2, 0.25) is 0 Å². The van der Waals surface area contributed by atoms with Crippen LogP contribution in [0.25, 0.3) is 0 Å². The van der Waals surface area contributed by atoms with Crippen LogP contribution in [0.2, 0.25) is 0 Å². The Morgan fingerprint density at radius 1 is 1.02 bits per heavy atom. The quantitative estimate of drug-likeness (QED) is 0.164. The number of benzene rings is 1. The number of phenols is 1. The zero-order valence-electron chi connectivity index (χ0n) is 27.0. The van der Waals surface area contributed by atoms with Gasteiger partial charge < -0.3 is 10.2 Å². The van der Waals surface area contributed by atoms with Crippen molar-refractivity contribution in [2.24, 2.45) is 23.2 Å². The maximum atomic E-state index is 13.0. The molecule has 0 heterocycles. The van der Waals surface area contributed by atoms with Crippen LogP contribution >= 0.6 is 0 Å². The molecule has 0 aliphatic heterocycles. The Hall–Kier alpha value is -1.22. The van der Waals surface area contributed by atoms with Crippen LogP contribution in [0.15, 0.2) is 18.2 Å². The molecule has 2 N–H and O–H groups in total. The summed E-state index contributed by atoms with van der Waals surface area (Å²) in [6.45, 7) is 1.90. The first-order valence-corrected chi connectivity index (χ1v) is 16.7. The van der Waals surface area contributed by atoms with E-state index in [4.69, 9.17) is 4.11 Å². The number of hydrogen-bond donors (Lipinski definition) is 2. The first-order chi connectivity index (χ1) is 20.4. The molecule has 3 aliphatic carbocycles. The van der Waals surface area contributed by atoms with Crippen molar-refractivity contribution in [1.29, 1.82) is 0 Å². The molecule has 0 bridgehead atoms. The molecule has 0 aromatic heterocycles. The Morgan fingerprint density at radius 3 is 2.39 bits per heavy atom. The van der Waals surface area contributed by atoms with Crippen LogP contribution in [0.1, 0.15) is 118 Å². The van der Waals surface area contributed by atoms with E-state index < -0.39 is 53.6 Å². The van der Waals surface area contributed by atoms with Crippen LogP contribution in [-0.2, 0) is 17.2 Å². The topological polar surface area (TPSA) is 57.5 Å². The van der Waals surface area contributed by atoms with E-state index in [1.807, 2.05) is 19.1 Å². The standard InChI is InChI=1S/C32H47F5O3S/c1-30-17-15-26-25-12-11-24(38)21-23(25)20-22(29(26)27(30)13-14-28(30)39)10-7-5-3-2-4-6-8-18-41(40)19-9-16-31(33,34)32(35,36)37/h11-12,21-22,26-29,38-39H,2-10,13-20H2,1H3/t22-,26?,27?,28+,29?,30+,41?/m1/s1/i14D2,28D. The van der Waals surface area contributed by atoms with Gasteiger partial charge in [0.05, 0.1) is 7.45 Å². The number of alkyl halides is 5. The van der Waals surface area contributed by atoms with Crippen LogP contribution in [0.3, 0.4) is 0 Å². The fraction of sp³-hybridized carbons (Fsp3) is 0.812. The molecular formula is C32H47F5O3S. The van der Waals surface area contributed by atoms with Crippen molar-refractivity contribution in [1.82, 2.24) is 0 Å². The highest BCUT2D eigenvalue weighted by Crippen LogP contribution is 2.62. The van der Waals surface area contributed by atoms with Gasteiger partial charge in [-0.3, -0.25) is 4.21 Å². The molecule has 234 valence electrons. The lowest BCUT2D eigenvalue weighted by Gasteiger charge is -2.53. The number of rotatable bonds is 14. The van der Waals surface area contributed by atoms with E-state index >= 15 is 0 Å². The summed E-state index contributed by atoms with van der Waals surface area (Å²) in [6, 6.07) is 5.57. The molecule has 4 rings (SSSR count). The van der Waals surface area contributed by atoms with Crippen LogP contribution in [0.4, 0.5) is 22.0 Å². The zero-order valence-corrected chi connectivity index (χ0v) is 24.8. The van der Waals surface area contributed by atoms with E-state index in [2.05, 4.69) is 0 Å². The fourth-order valence-electron chi connectivity index (χ4n) is 7.72. The van der Waals surface area contributed by atoms with Gasteiger partial charge in [-0.25, -0.2) is 0 Å². The first kappa shape index (κ1) is 28.5. The monoisotopic (exact) mass is 609 g/mol. The van der Waals surface area contributed by atoms with Gasteiger partial charge in [-0.1, -0.05) is 51.5 Å². The highest BCUT2D eigenvalue weighted by atomic mass is 32.2. The third-order valence-electron chi connectivity index (χ3n) is 10.0. The largest absolute Gasteiger partial charge is 0.508 e. The summed E-state index contributed by atoms with van der Waals surface area (Å²) in [5.74, 6) is -3.77. The second-order valence-corrected chi connectivity index (χ2v) is 14.4. The van der Waals surface area contributed by atoms with Gasteiger partial charge in [-0.05, 0) is 104 Å². The van der Waals surface area contributed by atoms with Gasteiger partial charge in [0.1, 0.15) is 5.75 Å². The van der Waals surface area contributed by atoms with Gasteiger partial charge in [0.25, 0.3) is 0 Å². The van der Waals surface area contributed by atoms with Crippen LogP contribution in [0.5, 0.6) is 5.75 Å². The van der Waals surface area contributed by atoms with Crippen LogP contribution in [0, 0.1) is 23.2 Å². The number of aromatic hydroxyl groups is 1. The highest BCUT2D eigenvalue weighted by Gasteiger charge is 2.57. The Labute approximate surface area is 248 Å². The summed E-state index contributed by atoms with van der Waals surface area (Å²) in [6.07, 6.45) is -1.70. The van der Waals surface area contributed by atoms with E-state index in [1.54, 1.807) is 6.07 Å². The summed E-state index contributed by atoms with van der Waals surface area (Å²) in [5.41, 5.74) is 1.54. The van der Waals surface area contributed by atoms with Gasteiger partial charge in [-0.2, -0.15) is 22.0 Å². The minimum atomic E-state index is -5.57. The molecule has 0 saturated heterocycles. The maximum Gasteiger partial charge on any atom is 0.453 e. The second kappa shape index (κ2) is 13.6. The van der Waals surface area contributed by atoms with Gasteiger partial charge in [0.15, 0.2) is 0 Å².